The van der Waals surface area contributed by atoms with Crippen molar-refractivity contribution in [3.63, 3.8) is 0 Å². The summed E-state index contributed by atoms with van der Waals surface area (Å²) in [5.41, 5.74) is 9.60. The third-order valence-electron chi connectivity index (χ3n) is 6.38. The average molecular weight is 480 g/mol. The summed E-state index contributed by atoms with van der Waals surface area (Å²) >= 11 is 0. The minimum absolute atomic E-state index is 0.0349. The molecule has 0 bridgehead atoms. The number of carbonyl (C=O) groups is 2. The van der Waals surface area contributed by atoms with Crippen molar-refractivity contribution in [3.05, 3.63) is 130 Å². The van der Waals surface area contributed by atoms with Crippen LogP contribution in [0.1, 0.15) is 44.1 Å². The zero-order valence-corrected chi connectivity index (χ0v) is 19.5. The molecule has 0 radical (unpaired) electrons. The highest BCUT2D eigenvalue weighted by molar-refractivity contribution is 5.89. The van der Waals surface area contributed by atoms with E-state index in [9.17, 15) is 14.7 Å². The Morgan fingerprint density at radius 3 is 2.08 bits per heavy atom. The van der Waals surface area contributed by atoms with Crippen molar-refractivity contribution >= 4 is 12.1 Å². The van der Waals surface area contributed by atoms with Gasteiger partial charge in [0.15, 0.2) is 0 Å². The van der Waals surface area contributed by atoms with Gasteiger partial charge in [0.25, 0.3) is 0 Å². The number of carboxylic acids is 1. The van der Waals surface area contributed by atoms with E-state index in [1.165, 1.54) is 0 Å². The van der Waals surface area contributed by atoms with Crippen LogP contribution in [-0.4, -0.2) is 23.8 Å². The largest absolute Gasteiger partial charge is 0.478 e. The molecule has 6 heteroatoms. The summed E-state index contributed by atoms with van der Waals surface area (Å²) in [5.74, 6) is -1.02. The normalized spacial score (nSPS) is 12.0. The number of ether oxygens (including phenoxy) is 1. The molecule has 6 nitrogen and oxygen atoms in total. The maximum absolute atomic E-state index is 12.3. The van der Waals surface area contributed by atoms with Gasteiger partial charge >= 0.3 is 12.1 Å². The Labute approximate surface area is 209 Å². The number of rotatable bonds is 8. The molecule has 0 saturated carbocycles. The van der Waals surface area contributed by atoms with E-state index in [-0.39, 0.29) is 24.7 Å². The number of carboxylic acid groups (broad SMARTS) is 1. The quantitative estimate of drug-likeness (QED) is 0.305. The molecule has 0 spiro atoms. The summed E-state index contributed by atoms with van der Waals surface area (Å²) in [6, 6.07) is 31.0. The lowest BCUT2D eigenvalue weighted by Crippen LogP contribution is -2.26. The Kier molecular flexibility index (Phi) is 6.78. The van der Waals surface area contributed by atoms with Crippen LogP contribution in [0.3, 0.4) is 0 Å². The van der Waals surface area contributed by atoms with Gasteiger partial charge in [-0.2, -0.15) is 5.48 Å². The smallest absolute Gasteiger partial charge is 0.431 e. The topological polar surface area (TPSA) is 84.9 Å². The molecule has 0 aliphatic heterocycles. The van der Waals surface area contributed by atoms with Crippen LogP contribution in [0.25, 0.3) is 11.1 Å². The average Bonchev–Trinajstić information content (AvgIpc) is 3.22. The van der Waals surface area contributed by atoms with Crippen LogP contribution in [0.2, 0.25) is 0 Å². The number of hydroxylamine groups is 1. The number of fused-ring (bicyclic) bond motifs is 3. The fraction of sp³-hybridized carbons (Fsp3) is 0.133. The Morgan fingerprint density at radius 2 is 1.42 bits per heavy atom. The van der Waals surface area contributed by atoms with Gasteiger partial charge in [0, 0.05) is 5.92 Å². The standard InChI is InChI=1S/C30H25NO5/c32-29(33)23-15-14-21(17-22(23)16-20-8-2-1-3-9-20)18-36-31-30(34)35-19-28-26-12-6-4-10-24(26)25-11-5-7-13-27(25)28/h1-15,17,28H,16,18-19H2,(H,31,34)(H,32,33). The monoisotopic (exact) mass is 479 g/mol. The molecule has 4 aromatic carbocycles. The maximum Gasteiger partial charge on any atom is 0.431 e. The van der Waals surface area contributed by atoms with Crippen LogP contribution in [-0.2, 0) is 22.6 Å². The van der Waals surface area contributed by atoms with Crippen molar-refractivity contribution < 1.29 is 24.3 Å². The summed E-state index contributed by atoms with van der Waals surface area (Å²) in [5, 5.41) is 9.55. The van der Waals surface area contributed by atoms with Crippen molar-refractivity contribution in [2.45, 2.75) is 18.9 Å². The third-order valence-corrected chi connectivity index (χ3v) is 6.38. The highest BCUT2D eigenvalue weighted by Gasteiger charge is 2.29. The van der Waals surface area contributed by atoms with Crippen molar-refractivity contribution in [1.82, 2.24) is 5.48 Å². The number of aromatic carboxylic acids is 1. The van der Waals surface area contributed by atoms with E-state index in [4.69, 9.17) is 9.57 Å². The lowest BCUT2D eigenvalue weighted by atomic mass is 9.97. The van der Waals surface area contributed by atoms with Crippen LogP contribution in [0, 0.1) is 0 Å². The number of carbonyl (C=O) groups excluding carboxylic acids is 1. The minimum Gasteiger partial charge on any atom is -0.478 e. The van der Waals surface area contributed by atoms with Crippen LogP contribution in [0.5, 0.6) is 0 Å². The third kappa shape index (κ3) is 4.99. The minimum atomic E-state index is -0.981. The summed E-state index contributed by atoms with van der Waals surface area (Å²) < 4.78 is 5.48. The van der Waals surface area contributed by atoms with Crippen molar-refractivity contribution in [2.24, 2.45) is 0 Å². The van der Waals surface area contributed by atoms with E-state index in [1.807, 2.05) is 54.6 Å². The van der Waals surface area contributed by atoms with Gasteiger partial charge in [0.05, 0.1) is 12.2 Å². The maximum atomic E-state index is 12.3. The van der Waals surface area contributed by atoms with Crippen molar-refractivity contribution in [3.8, 4) is 11.1 Å². The van der Waals surface area contributed by atoms with Crippen molar-refractivity contribution in [1.29, 1.82) is 0 Å². The molecule has 0 fully saturated rings. The fourth-order valence-corrected chi connectivity index (χ4v) is 4.71. The second-order valence-electron chi connectivity index (χ2n) is 8.68. The van der Waals surface area contributed by atoms with Gasteiger partial charge in [0.2, 0.25) is 0 Å². The van der Waals surface area contributed by atoms with Crippen LogP contribution in [0.4, 0.5) is 4.79 Å². The van der Waals surface area contributed by atoms with E-state index in [1.54, 1.807) is 18.2 Å². The molecule has 0 heterocycles. The molecule has 1 aliphatic carbocycles. The molecular weight excluding hydrogens is 454 g/mol. The summed E-state index contributed by atoms with van der Waals surface area (Å²) in [6.45, 7) is 0.267. The summed E-state index contributed by atoms with van der Waals surface area (Å²) in [4.78, 5) is 29.4. The molecule has 0 aromatic heterocycles. The van der Waals surface area contributed by atoms with E-state index in [2.05, 4.69) is 29.7 Å². The second kappa shape index (κ2) is 10.5. The first-order chi connectivity index (χ1) is 17.6. The van der Waals surface area contributed by atoms with Gasteiger partial charge in [-0.1, -0.05) is 91.0 Å². The van der Waals surface area contributed by atoms with E-state index < -0.39 is 12.1 Å². The molecule has 5 rings (SSSR count). The van der Waals surface area contributed by atoms with E-state index in [0.29, 0.717) is 12.0 Å². The van der Waals surface area contributed by atoms with Gasteiger partial charge < -0.3 is 9.84 Å². The molecule has 180 valence electrons. The molecule has 0 saturated heterocycles. The lowest BCUT2D eigenvalue weighted by Gasteiger charge is -2.14. The van der Waals surface area contributed by atoms with Gasteiger partial charge in [-0.15, -0.1) is 0 Å². The first-order valence-electron chi connectivity index (χ1n) is 11.7. The van der Waals surface area contributed by atoms with Crippen LogP contribution < -0.4 is 5.48 Å². The summed E-state index contributed by atoms with van der Waals surface area (Å²) in [7, 11) is 0. The van der Waals surface area contributed by atoms with Gasteiger partial charge in [0.1, 0.15) is 6.61 Å². The molecule has 1 aliphatic rings. The molecule has 0 atom stereocenters. The van der Waals surface area contributed by atoms with E-state index in [0.717, 1.165) is 33.4 Å². The number of nitrogens with one attached hydrogen (secondary N) is 1. The predicted octanol–water partition coefficient (Wildman–Crippen LogP) is 5.95. The number of hydrogen-bond acceptors (Lipinski definition) is 4. The highest BCUT2D eigenvalue weighted by Crippen LogP contribution is 2.44. The summed E-state index contributed by atoms with van der Waals surface area (Å²) in [6.07, 6.45) is -0.195. The lowest BCUT2D eigenvalue weighted by molar-refractivity contribution is 0.0177. The highest BCUT2D eigenvalue weighted by atomic mass is 16.7. The zero-order chi connectivity index (χ0) is 24.9. The molecule has 1 amide bonds. The number of hydrogen-bond donors (Lipinski definition) is 2. The molecular formula is C30H25NO5. The number of benzene rings is 4. The van der Waals surface area contributed by atoms with Crippen LogP contribution >= 0.6 is 0 Å². The SMILES string of the molecule is O=C(NOCc1ccc(C(=O)O)c(Cc2ccccc2)c1)OCC1c2ccccc2-c2ccccc21. The Balaban J connectivity index is 1.18. The number of amides is 1. The first-order valence-corrected chi connectivity index (χ1v) is 11.7. The van der Waals surface area contributed by atoms with Gasteiger partial charge in [-0.25, -0.2) is 9.59 Å². The Morgan fingerprint density at radius 1 is 0.778 bits per heavy atom. The molecule has 2 N–H and O–H groups in total. The first kappa shape index (κ1) is 23.3. The van der Waals surface area contributed by atoms with Gasteiger partial charge in [-0.3, -0.25) is 4.84 Å². The second-order valence-corrected chi connectivity index (χ2v) is 8.68. The van der Waals surface area contributed by atoms with E-state index >= 15 is 0 Å². The fourth-order valence-electron chi connectivity index (χ4n) is 4.71. The zero-order valence-electron chi connectivity index (χ0n) is 19.5. The van der Waals surface area contributed by atoms with Crippen molar-refractivity contribution in [2.75, 3.05) is 6.61 Å². The van der Waals surface area contributed by atoms with Gasteiger partial charge in [-0.05, 0) is 51.4 Å². The predicted molar refractivity (Wildman–Crippen MR) is 136 cm³/mol. The molecule has 4 aromatic rings. The Bertz CT molecular complexity index is 1350. The molecule has 0 unspecified atom stereocenters. The van der Waals surface area contributed by atoms with Crippen LogP contribution in [0.15, 0.2) is 97.1 Å². The Hall–Kier alpha value is -4.42. The molecule has 36 heavy (non-hydrogen) atoms.